The number of aromatic nitrogens is 1. The molecule has 1 heterocycles. The first-order valence-electron chi connectivity index (χ1n) is 10.4. The normalized spacial score (nSPS) is 12.1. The molecule has 4 nitrogen and oxygen atoms in total. The molecule has 2 aromatic carbocycles. The van der Waals surface area contributed by atoms with Gasteiger partial charge in [-0.1, -0.05) is 47.5 Å². The highest BCUT2D eigenvalue weighted by molar-refractivity contribution is 7.89. The number of rotatable bonds is 7. The standard InChI is InChI=1S/C25H32N2O2S/c1-18(2)27(30(28,29)25-21(5)13-20(4)14-22(25)6)17-24-11-8-12-26(24)16-23-10-7-9-19(3)15-23/h7-15,18H,16-17H2,1-6H3. The summed E-state index contributed by atoms with van der Waals surface area (Å²) in [4.78, 5) is 0.429. The molecule has 3 rings (SSSR count). The molecule has 3 aromatic rings. The van der Waals surface area contributed by atoms with E-state index in [0.717, 1.165) is 28.9 Å². The van der Waals surface area contributed by atoms with Crippen LogP contribution in [0.1, 0.15) is 47.4 Å². The van der Waals surface area contributed by atoms with Gasteiger partial charge in [-0.25, -0.2) is 8.42 Å². The van der Waals surface area contributed by atoms with Gasteiger partial charge in [0.15, 0.2) is 0 Å². The van der Waals surface area contributed by atoms with E-state index in [2.05, 4.69) is 35.8 Å². The van der Waals surface area contributed by atoms with Crippen LogP contribution in [0.5, 0.6) is 0 Å². The van der Waals surface area contributed by atoms with Crippen LogP contribution in [-0.4, -0.2) is 23.3 Å². The summed E-state index contributed by atoms with van der Waals surface area (Å²) < 4.78 is 31.1. The molecular weight excluding hydrogens is 392 g/mol. The number of sulfonamides is 1. The highest BCUT2D eigenvalue weighted by Gasteiger charge is 2.30. The fourth-order valence-electron chi connectivity index (χ4n) is 4.15. The maximum Gasteiger partial charge on any atom is 0.244 e. The minimum atomic E-state index is -3.63. The molecule has 0 spiro atoms. The zero-order chi connectivity index (χ0) is 22.1. The van der Waals surface area contributed by atoms with E-state index in [-0.39, 0.29) is 6.04 Å². The molecule has 0 unspecified atom stereocenters. The first-order valence-corrected chi connectivity index (χ1v) is 11.8. The van der Waals surface area contributed by atoms with E-state index in [0.29, 0.717) is 11.4 Å². The second-order valence-electron chi connectivity index (χ2n) is 8.49. The summed E-state index contributed by atoms with van der Waals surface area (Å²) in [5, 5.41) is 0. The van der Waals surface area contributed by atoms with Gasteiger partial charge in [0, 0.05) is 24.5 Å². The fourth-order valence-corrected chi connectivity index (χ4v) is 6.17. The minimum absolute atomic E-state index is 0.155. The van der Waals surface area contributed by atoms with E-state index in [1.54, 1.807) is 4.31 Å². The van der Waals surface area contributed by atoms with Crippen molar-refractivity contribution in [1.82, 2.24) is 8.87 Å². The van der Waals surface area contributed by atoms with Gasteiger partial charge in [0.05, 0.1) is 11.4 Å². The molecule has 0 amide bonds. The molecule has 0 bridgehead atoms. The monoisotopic (exact) mass is 424 g/mol. The zero-order valence-corrected chi connectivity index (χ0v) is 19.6. The predicted molar refractivity (Wildman–Crippen MR) is 123 cm³/mol. The Morgan fingerprint density at radius 1 is 0.900 bits per heavy atom. The molecule has 160 valence electrons. The van der Waals surface area contributed by atoms with Crippen LogP contribution in [0.2, 0.25) is 0 Å². The van der Waals surface area contributed by atoms with E-state index < -0.39 is 10.0 Å². The Balaban J connectivity index is 1.95. The van der Waals surface area contributed by atoms with Crippen molar-refractivity contribution >= 4 is 10.0 Å². The van der Waals surface area contributed by atoms with Crippen LogP contribution in [0.25, 0.3) is 0 Å². The molecule has 0 fully saturated rings. The van der Waals surface area contributed by atoms with Gasteiger partial charge in [0.1, 0.15) is 0 Å². The molecule has 0 radical (unpaired) electrons. The topological polar surface area (TPSA) is 42.3 Å². The molecule has 0 saturated heterocycles. The number of nitrogens with zero attached hydrogens (tertiary/aromatic N) is 2. The van der Waals surface area contributed by atoms with Gasteiger partial charge in [-0.2, -0.15) is 4.31 Å². The lowest BCUT2D eigenvalue weighted by molar-refractivity contribution is 0.340. The fraction of sp³-hybridized carbons (Fsp3) is 0.360. The van der Waals surface area contributed by atoms with Crippen LogP contribution >= 0.6 is 0 Å². The maximum atomic E-state index is 13.7. The van der Waals surface area contributed by atoms with Crippen molar-refractivity contribution in [3.05, 3.63) is 88.2 Å². The van der Waals surface area contributed by atoms with Gasteiger partial charge in [-0.15, -0.1) is 0 Å². The average Bonchev–Trinajstić information content (AvgIpc) is 3.04. The van der Waals surface area contributed by atoms with Crippen LogP contribution in [-0.2, 0) is 23.1 Å². The van der Waals surface area contributed by atoms with Crippen molar-refractivity contribution < 1.29 is 8.42 Å². The van der Waals surface area contributed by atoms with Crippen molar-refractivity contribution in [1.29, 1.82) is 0 Å². The van der Waals surface area contributed by atoms with E-state index in [4.69, 9.17) is 0 Å². The molecule has 0 aliphatic heterocycles. The molecule has 5 heteroatoms. The van der Waals surface area contributed by atoms with Gasteiger partial charge in [-0.3, -0.25) is 0 Å². The summed E-state index contributed by atoms with van der Waals surface area (Å²) in [5.41, 5.74) is 6.08. The van der Waals surface area contributed by atoms with Crippen molar-refractivity contribution in [3.8, 4) is 0 Å². The first kappa shape index (κ1) is 22.3. The molecule has 0 atom stereocenters. The number of hydrogen-bond acceptors (Lipinski definition) is 2. The van der Waals surface area contributed by atoms with Crippen molar-refractivity contribution in [2.45, 2.75) is 65.6 Å². The SMILES string of the molecule is Cc1cccc(Cn2cccc2CN(C(C)C)S(=O)(=O)c2c(C)cc(C)cc2C)c1. The molecule has 0 saturated carbocycles. The Hall–Kier alpha value is -2.37. The van der Waals surface area contributed by atoms with E-state index in [9.17, 15) is 8.42 Å². The summed E-state index contributed by atoms with van der Waals surface area (Å²) >= 11 is 0. The van der Waals surface area contributed by atoms with E-state index in [1.165, 1.54) is 11.1 Å². The van der Waals surface area contributed by atoms with Crippen LogP contribution in [0.15, 0.2) is 59.6 Å². The third-order valence-corrected chi connectivity index (χ3v) is 7.75. The van der Waals surface area contributed by atoms with Crippen LogP contribution in [0.4, 0.5) is 0 Å². The van der Waals surface area contributed by atoms with E-state index in [1.807, 2.05) is 65.1 Å². The molecule has 30 heavy (non-hydrogen) atoms. The summed E-state index contributed by atoms with van der Waals surface area (Å²) in [6.07, 6.45) is 2.02. The highest BCUT2D eigenvalue weighted by Crippen LogP contribution is 2.28. The molecular formula is C25H32N2O2S. The predicted octanol–water partition coefficient (Wildman–Crippen LogP) is 5.37. The Morgan fingerprint density at radius 2 is 1.57 bits per heavy atom. The lowest BCUT2D eigenvalue weighted by Gasteiger charge is -2.28. The summed E-state index contributed by atoms with van der Waals surface area (Å²) in [6, 6.07) is 16.1. The van der Waals surface area contributed by atoms with Crippen LogP contribution in [0, 0.1) is 27.7 Å². The van der Waals surface area contributed by atoms with E-state index >= 15 is 0 Å². The third-order valence-electron chi connectivity index (χ3n) is 5.42. The Labute approximate surface area is 181 Å². The lowest BCUT2D eigenvalue weighted by atomic mass is 10.1. The minimum Gasteiger partial charge on any atom is -0.346 e. The number of aryl methyl sites for hydroxylation is 4. The van der Waals surface area contributed by atoms with Gasteiger partial charge >= 0.3 is 0 Å². The van der Waals surface area contributed by atoms with Gasteiger partial charge < -0.3 is 4.57 Å². The summed E-state index contributed by atoms with van der Waals surface area (Å²) in [7, 11) is -3.63. The molecule has 0 aliphatic rings. The number of hydrogen-bond donors (Lipinski definition) is 0. The lowest BCUT2D eigenvalue weighted by Crippen LogP contribution is -2.37. The first-order chi connectivity index (χ1) is 14.1. The summed E-state index contributed by atoms with van der Waals surface area (Å²) in [5.74, 6) is 0. The average molecular weight is 425 g/mol. The second kappa shape index (κ2) is 8.78. The molecule has 0 N–H and O–H groups in total. The zero-order valence-electron chi connectivity index (χ0n) is 18.8. The van der Waals surface area contributed by atoms with Crippen molar-refractivity contribution in [3.63, 3.8) is 0 Å². The quantitative estimate of drug-likeness (QED) is 0.512. The Bertz CT molecular complexity index is 1120. The Morgan fingerprint density at radius 3 is 2.17 bits per heavy atom. The third kappa shape index (κ3) is 4.68. The Kier molecular flexibility index (Phi) is 6.53. The smallest absolute Gasteiger partial charge is 0.244 e. The van der Waals surface area contributed by atoms with Crippen molar-refractivity contribution in [2.24, 2.45) is 0 Å². The maximum absolute atomic E-state index is 13.7. The van der Waals surface area contributed by atoms with Crippen LogP contribution < -0.4 is 0 Å². The van der Waals surface area contributed by atoms with Crippen LogP contribution in [0.3, 0.4) is 0 Å². The molecule has 1 aromatic heterocycles. The van der Waals surface area contributed by atoms with Gasteiger partial charge in [-0.05, 0) is 70.4 Å². The largest absolute Gasteiger partial charge is 0.346 e. The summed E-state index contributed by atoms with van der Waals surface area (Å²) in [6.45, 7) is 12.8. The van der Waals surface area contributed by atoms with Crippen molar-refractivity contribution in [2.75, 3.05) is 0 Å². The van der Waals surface area contributed by atoms with Gasteiger partial charge in [0.2, 0.25) is 10.0 Å². The number of benzene rings is 2. The molecule has 0 aliphatic carbocycles. The second-order valence-corrected chi connectivity index (χ2v) is 10.3. The van der Waals surface area contributed by atoms with Gasteiger partial charge in [0.25, 0.3) is 0 Å². The highest BCUT2D eigenvalue weighted by atomic mass is 32.2.